The van der Waals surface area contributed by atoms with Crippen molar-refractivity contribution in [3.8, 4) is 0 Å². The van der Waals surface area contributed by atoms with Crippen molar-refractivity contribution < 1.29 is 0 Å². The predicted molar refractivity (Wildman–Crippen MR) is 48.0 cm³/mol. The third-order valence-corrected chi connectivity index (χ3v) is 2.36. The summed E-state index contributed by atoms with van der Waals surface area (Å²) in [6.45, 7) is 2.04. The van der Waals surface area contributed by atoms with Gasteiger partial charge in [-0.15, -0.1) is 11.6 Å². The van der Waals surface area contributed by atoms with E-state index in [0.29, 0.717) is 5.38 Å². The van der Waals surface area contributed by atoms with Gasteiger partial charge >= 0.3 is 0 Å². The Balaban J connectivity index is 2.28. The number of halogens is 1. The van der Waals surface area contributed by atoms with E-state index >= 15 is 0 Å². The number of hydrogen-bond donors (Lipinski definition) is 0. The van der Waals surface area contributed by atoms with E-state index < -0.39 is 0 Å². The number of hydrogen-bond acceptors (Lipinski definition) is 1. The van der Waals surface area contributed by atoms with Crippen molar-refractivity contribution in [1.29, 1.82) is 0 Å². The molecule has 0 saturated heterocycles. The van der Waals surface area contributed by atoms with Crippen LogP contribution in [0.3, 0.4) is 0 Å². The van der Waals surface area contributed by atoms with Crippen LogP contribution in [0.5, 0.6) is 0 Å². The minimum atomic E-state index is 0.305. The normalized spacial score (nSPS) is 13.4. The molecule has 0 saturated carbocycles. The van der Waals surface area contributed by atoms with Crippen LogP contribution in [0, 0.1) is 0 Å². The van der Waals surface area contributed by atoms with E-state index in [-0.39, 0.29) is 0 Å². The van der Waals surface area contributed by atoms with E-state index in [9.17, 15) is 0 Å². The largest absolute Gasteiger partial charge is 0.152 e. The summed E-state index contributed by atoms with van der Waals surface area (Å²) in [5, 5.41) is 4.59. The highest BCUT2D eigenvalue weighted by Crippen LogP contribution is 2.11. The maximum absolute atomic E-state index is 5.80. The third kappa shape index (κ3) is 2.72. The van der Waals surface area contributed by atoms with Crippen LogP contribution in [0.4, 0.5) is 0 Å². The minimum Gasteiger partial charge on any atom is -0.152 e. The molecule has 0 N–H and O–H groups in total. The topological polar surface area (TPSA) is 0 Å². The summed E-state index contributed by atoms with van der Waals surface area (Å²) in [5.74, 6) is 0. The van der Waals surface area contributed by atoms with Gasteiger partial charge in [-0.2, -0.15) is 11.3 Å². The van der Waals surface area contributed by atoms with Crippen LogP contribution in [-0.2, 0) is 6.42 Å². The highest BCUT2D eigenvalue weighted by molar-refractivity contribution is 7.07. The van der Waals surface area contributed by atoms with Gasteiger partial charge in [0.15, 0.2) is 0 Å². The average Bonchev–Trinajstić information content (AvgIpc) is 2.34. The van der Waals surface area contributed by atoms with Gasteiger partial charge in [0.25, 0.3) is 0 Å². The van der Waals surface area contributed by atoms with Gasteiger partial charge in [-0.05, 0) is 42.2 Å². The number of aryl methyl sites for hydroxylation is 1. The summed E-state index contributed by atoms with van der Waals surface area (Å²) in [4.78, 5) is 0. The van der Waals surface area contributed by atoms with Crippen LogP contribution in [-0.4, -0.2) is 5.38 Å². The van der Waals surface area contributed by atoms with Crippen molar-refractivity contribution in [2.75, 3.05) is 0 Å². The van der Waals surface area contributed by atoms with Gasteiger partial charge in [-0.1, -0.05) is 0 Å². The van der Waals surface area contributed by atoms with Crippen LogP contribution < -0.4 is 0 Å². The lowest BCUT2D eigenvalue weighted by atomic mass is 10.1. The van der Waals surface area contributed by atoms with Gasteiger partial charge in [0.1, 0.15) is 0 Å². The van der Waals surface area contributed by atoms with Crippen molar-refractivity contribution in [3.63, 3.8) is 0 Å². The molecular formula is C8H11ClS. The van der Waals surface area contributed by atoms with E-state index in [0.717, 1.165) is 12.8 Å². The van der Waals surface area contributed by atoms with Gasteiger partial charge < -0.3 is 0 Å². The van der Waals surface area contributed by atoms with E-state index in [2.05, 4.69) is 16.8 Å². The summed E-state index contributed by atoms with van der Waals surface area (Å²) in [7, 11) is 0. The zero-order valence-corrected chi connectivity index (χ0v) is 7.58. The molecule has 0 aliphatic rings. The quantitative estimate of drug-likeness (QED) is 0.617. The van der Waals surface area contributed by atoms with Gasteiger partial charge in [-0.25, -0.2) is 0 Å². The van der Waals surface area contributed by atoms with Crippen molar-refractivity contribution in [2.45, 2.75) is 25.1 Å². The van der Waals surface area contributed by atoms with E-state index in [1.807, 2.05) is 6.92 Å². The minimum absolute atomic E-state index is 0.305. The maximum Gasteiger partial charge on any atom is 0.0311 e. The molecule has 0 nitrogen and oxygen atoms in total. The second-order valence-corrected chi connectivity index (χ2v) is 3.98. The maximum atomic E-state index is 5.80. The number of thiophene rings is 1. The van der Waals surface area contributed by atoms with Crippen LogP contribution in [0.1, 0.15) is 18.9 Å². The Morgan fingerprint density at radius 1 is 1.70 bits per heavy atom. The van der Waals surface area contributed by atoms with E-state index in [1.165, 1.54) is 5.56 Å². The Morgan fingerprint density at radius 3 is 3.00 bits per heavy atom. The van der Waals surface area contributed by atoms with E-state index in [1.54, 1.807) is 11.3 Å². The first kappa shape index (κ1) is 8.09. The Hall–Kier alpha value is -0.0100. The second-order valence-electron chi connectivity index (χ2n) is 2.45. The molecule has 1 aromatic heterocycles. The lowest BCUT2D eigenvalue weighted by Gasteiger charge is -1.98. The summed E-state index contributed by atoms with van der Waals surface area (Å²) < 4.78 is 0. The predicted octanol–water partition coefficient (Wildman–Crippen LogP) is 3.31. The fourth-order valence-electron chi connectivity index (χ4n) is 0.800. The first-order chi connectivity index (χ1) is 4.79. The molecule has 56 valence electrons. The standard InChI is InChI=1S/C8H11ClS/c1-7(9)2-3-8-4-5-10-6-8/h4-7H,2-3H2,1H3. The SMILES string of the molecule is CC(Cl)CCc1ccsc1. The molecule has 1 unspecified atom stereocenters. The third-order valence-electron chi connectivity index (χ3n) is 1.41. The zero-order chi connectivity index (χ0) is 7.40. The monoisotopic (exact) mass is 174 g/mol. The van der Waals surface area contributed by atoms with Gasteiger partial charge in [0.2, 0.25) is 0 Å². The van der Waals surface area contributed by atoms with Crippen LogP contribution >= 0.6 is 22.9 Å². The first-order valence-electron chi connectivity index (χ1n) is 3.44. The Bertz CT molecular complexity index is 167. The fraction of sp³-hybridized carbons (Fsp3) is 0.500. The van der Waals surface area contributed by atoms with Crippen molar-refractivity contribution in [2.24, 2.45) is 0 Å². The highest BCUT2D eigenvalue weighted by Gasteiger charge is 1.97. The zero-order valence-electron chi connectivity index (χ0n) is 6.01. The van der Waals surface area contributed by atoms with Crippen LogP contribution in [0.2, 0.25) is 0 Å². The second kappa shape index (κ2) is 3.99. The molecule has 0 fully saturated rings. The molecule has 1 rings (SSSR count). The van der Waals surface area contributed by atoms with Crippen LogP contribution in [0.25, 0.3) is 0 Å². The Labute approximate surface area is 70.8 Å². The molecule has 0 amide bonds. The molecular weight excluding hydrogens is 164 g/mol. The molecule has 1 aromatic rings. The molecule has 0 aliphatic heterocycles. The van der Waals surface area contributed by atoms with E-state index in [4.69, 9.17) is 11.6 Å². The number of alkyl halides is 1. The van der Waals surface area contributed by atoms with Crippen molar-refractivity contribution in [1.82, 2.24) is 0 Å². The Kier molecular flexibility index (Phi) is 3.23. The molecule has 0 aromatic carbocycles. The molecule has 1 atom stereocenters. The highest BCUT2D eigenvalue weighted by atomic mass is 35.5. The molecule has 2 heteroatoms. The summed E-state index contributed by atoms with van der Waals surface area (Å²) >= 11 is 7.55. The molecule has 0 aliphatic carbocycles. The van der Waals surface area contributed by atoms with Gasteiger partial charge in [0, 0.05) is 5.38 Å². The first-order valence-corrected chi connectivity index (χ1v) is 4.82. The summed E-state index contributed by atoms with van der Waals surface area (Å²) in [6, 6.07) is 2.16. The fourth-order valence-corrected chi connectivity index (χ4v) is 1.61. The Morgan fingerprint density at radius 2 is 2.50 bits per heavy atom. The van der Waals surface area contributed by atoms with Gasteiger partial charge in [0.05, 0.1) is 0 Å². The van der Waals surface area contributed by atoms with Crippen molar-refractivity contribution in [3.05, 3.63) is 22.4 Å². The lowest BCUT2D eigenvalue weighted by Crippen LogP contribution is -1.92. The molecule has 1 heterocycles. The smallest absolute Gasteiger partial charge is 0.0311 e. The van der Waals surface area contributed by atoms with Crippen molar-refractivity contribution >= 4 is 22.9 Å². The summed E-state index contributed by atoms with van der Waals surface area (Å²) in [5.41, 5.74) is 1.41. The average molecular weight is 175 g/mol. The van der Waals surface area contributed by atoms with Crippen LogP contribution in [0.15, 0.2) is 16.8 Å². The molecule has 10 heavy (non-hydrogen) atoms. The van der Waals surface area contributed by atoms with Gasteiger partial charge in [-0.3, -0.25) is 0 Å². The summed E-state index contributed by atoms with van der Waals surface area (Å²) in [6.07, 6.45) is 2.20. The molecule has 0 bridgehead atoms. The lowest BCUT2D eigenvalue weighted by molar-refractivity contribution is 0.805. The number of rotatable bonds is 3. The molecule has 0 spiro atoms. The molecule has 0 radical (unpaired) electrons.